The quantitative estimate of drug-likeness (QED) is 0.875. The van der Waals surface area contributed by atoms with E-state index in [0.29, 0.717) is 5.95 Å². The van der Waals surface area contributed by atoms with Gasteiger partial charge in [-0.3, -0.25) is 0 Å². The van der Waals surface area contributed by atoms with Crippen LogP contribution >= 0.6 is 0 Å². The highest BCUT2D eigenvalue weighted by atomic mass is 15.2. The van der Waals surface area contributed by atoms with Crippen molar-refractivity contribution in [3.63, 3.8) is 0 Å². The number of aryl methyl sites for hydroxylation is 1. The van der Waals surface area contributed by atoms with Crippen molar-refractivity contribution in [2.45, 2.75) is 51.4 Å². The topological polar surface area (TPSA) is 67.1 Å². The van der Waals surface area contributed by atoms with Crippen molar-refractivity contribution in [1.29, 1.82) is 0 Å². The lowest BCUT2D eigenvalue weighted by Crippen LogP contribution is -2.41. The molecule has 0 radical (unpaired) electrons. The Morgan fingerprint density at radius 2 is 1.78 bits per heavy atom. The van der Waals surface area contributed by atoms with Gasteiger partial charge >= 0.3 is 0 Å². The minimum absolute atomic E-state index is 0.458. The fourth-order valence-electron chi connectivity index (χ4n) is 4.72. The first-order chi connectivity index (χ1) is 11.3. The number of aromatic nitrogens is 2. The van der Waals surface area contributed by atoms with E-state index in [1.54, 1.807) is 0 Å². The molecule has 1 aromatic heterocycles. The first-order valence-corrected chi connectivity index (χ1v) is 9.42. The number of nitrogens with two attached hydrogens (primary N) is 1. The molecule has 126 valence electrons. The second-order valence-electron chi connectivity index (χ2n) is 7.47. The molecule has 3 heterocycles. The van der Waals surface area contributed by atoms with Gasteiger partial charge in [0.25, 0.3) is 0 Å². The van der Waals surface area contributed by atoms with Crippen molar-refractivity contribution in [3.05, 3.63) is 11.3 Å². The number of rotatable bonds is 2. The van der Waals surface area contributed by atoms with E-state index in [4.69, 9.17) is 5.73 Å². The van der Waals surface area contributed by atoms with Crippen LogP contribution in [-0.2, 0) is 12.8 Å². The highest BCUT2D eigenvalue weighted by Crippen LogP contribution is 2.34. The van der Waals surface area contributed by atoms with Crippen LogP contribution < -0.4 is 16.0 Å². The van der Waals surface area contributed by atoms with E-state index >= 15 is 0 Å². The van der Waals surface area contributed by atoms with Crippen LogP contribution in [0.5, 0.6) is 0 Å². The zero-order valence-electron chi connectivity index (χ0n) is 14.1. The van der Waals surface area contributed by atoms with Crippen molar-refractivity contribution < 1.29 is 0 Å². The monoisotopic (exact) mass is 315 g/mol. The highest BCUT2D eigenvalue weighted by Gasteiger charge is 2.29. The van der Waals surface area contributed by atoms with Gasteiger partial charge in [-0.1, -0.05) is 0 Å². The van der Waals surface area contributed by atoms with Crippen molar-refractivity contribution in [3.8, 4) is 0 Å². The molecule has 3 N–H and O–H groups in total. The van der Waals surface area contributed by atoms with E-state index in [-0.39, 0.29) is 0 Å². The summed E-state index contributed by atoms with van der Waals surface area (Å²) >= 11 is 0. The Morgan fingerprint density at radius 1 is 0.957 bits per heavy atom. The average Bonchev–Trinajstić information content (AvgIpc) is 2.62. The molecule has 0 saturated carbocycles. The number of hydrogen-bond donors (Lipinski definition) is 2. The normalized spacial score (nSPS) is 26.1. The summed E-state index contributed by atoms with van der Waals surface area (Å²) in [4.78, 5) is 11.6. The number of nitrogen functional groups attached to an aromatic ring is 1. The molecule has 23 heavy (non-hydrogen) atoms. The molecule has 5 heteroatoms. The number of anilines is 2. The predicted molar refractivity (Wildman–Crippen MR) is 93.6 cm³/mol. The van der Waals surface area contributed by atoms with E-state index in [0.717, 1.165) is 43.6 Å². The van der Waals surface area contributed by atoms with Crippen LogP contribution in [0.25, 0.3) is 0 Å². The summed E-state index contributed by atoms with van der Waals surface area (Å²) in [5, 5.41) is 3.57. The number of hydrogen-bond acceptors (Lipinski definition) is 5. The summed E-state index contributed by atoms with van der Waals surface area (Å²) in [7, 11) is 0. The molecule has 4 rings (SSSR count). The second kappa shape index (κ2) is 6.63. The molecule has 0 amide bonds. The van der Waals surface area contributed by atoms with Crippen molar-refractivity contribution in [1.82, 2.24) is 15.3 Å². The highest BCUT2D eigenvalue weighted by molar-refractivity contribution is 5.53. The summed E-state index contributed by atoms with van der Waals surface area (Å²) in [5.74, 6) is 3.37. The van der Waals surface area contributed by atoms with Crippen LogP contribution in [0.2, 0.25) is 0 Å². The fourth-order valence-corrected chi connectivity index (χ4v) is 4.72. The minimum atomic E-state index is 0.458. The lowest BCUT2D eigenvalue weighted by Gasteiger charge is -2.39. The molecule has 5 nitrogen and oxygen atoms in total. The molecular weight excluding hydrogens is 286 g/mol. The van der Waals surface area contributed by atoms with Gasteiger partial charge in [0.15, 0.2) is 0 Å². The molecule has 2 saturated heterocycles. The van der Waals surface area contributed by atoms with Gasteiger partial charge in [-0.25, -0.2) is 4.98 Å². The Bertz CT molecular complexity index is 545. The molecule has 2 fully saturated rings. The largest absolute Gasteiger partial charge is 0.368 e. The standard InChI is InChI=1S/C18H29N5/c19-18-21-16-6-2-1-5-15(16)17(22-18)23-10-7-13(8-11-23)14-4-3-9-20-12-14/h13-14,20H,1-12H2,(H2,19,21,22). The van der Waals surface area contributed by atoms with E-state index < -0.39 is 0 Å². The average molecular weight is 315 g/mol. The second-order valence-corrected chi connectivity index (χ2v) is 7.47. The van der Waals surface area contributed by atoms with Crippen LogP contribution in [0.15, 0.2) is 0 Å². The van der Waals surface area contributed by atoms with Crippen LogP contribution in [0.4, 0.5) is 11.8 Å². The smallest absolute Gasteiger partial charge is 0.222 e. The van der Waals surface area contributed by atoms with Gasteiger partial charge in [0.1, 0.15) is 5.82 Å². The summed E-state index contributed by atoms with van der Waals surface area (Å²) in [5.41, 5.74) is 8.56. The molecule has 2 aliphatic heterocycles. The molecule has 0 bridgehead atoms. The van der Waals surface area contributed by atoms with E-state index in [1.165, 1.54) is 62.9 Å². The lowest BCUT2D eigenvalue weighted by molar-refractivity contribution is 0.226. The number of piperidine rings is 2. The summed E-state index contributed by atoms with van der Waals surface area (Å²) < 4.78 is 0. The summed E-state index contributed by atoms with van der Waals surface area (Å²) in [6.45, 7) is 4.69. The van der Waals surface area contributed by atoms with Gasteiger partial charge in [-0.15, -0.1) is 0 Å². The van der Waals surface area contributed by atoms with Gasteiger partial charge in [0.2, 0.25) is 5.95 Å². The zero-order chi connectivity index (χ0) is 15.6. The van der Waals surface area contributed by atoms with Crippen LogP contribution in [0, 0.1) is 11.8 Å². The Kier molecular flexibility index (Phi) is 4.38. The third kappa shape index (κ3) is 3.16. The molecule has 0 spiro atoms. The maximum atomic E-state index is 5.98. The zero-order valence-corrected chi connectivity index (χ0v) is 14.1. The number of fused-ring (bicyclic) bond motifs is 1. The Morgan fingerprint density at radius 3 is 2.57 bits per heavy atom. The Hall–Kier alpha value is -1.36. The first kappa shape index (κ1) is 15.2. The van der Waals surface area contributed by atoms with E-state index in [2.05, 4.69) is 20.2 Å². The predicted octanol–water partition coefficient (Wildman–Crippen LogP) is 2.15. The lowest BCUT2D eigenvalue weighted by atomic mass is 9.80. The fraction of sp³-hybridized carbons (Fsp3) is 0.778. The van der Waals surface area contributed by atoms with E-state index in [9.17, 15) is 0 Å². The van der Waals surface area contributed by atoms with Crippen LogP contribution in [0.3, 0.4) is 0 Å². The van der Waals surface area contributed by atoms with Crippen LogP contribution in [-0.4, -0.2) is 36.1 Å². The van der Waals surface area contributed by atoms with Gasteiger partial charge in [-0.2, -0.15) is 4.98 Å². The number of nitrogens with one attached hydrogen (secondary N) is 1. The Labute approximate surface area is 139 Å². The maximum Gasteiger partial charge on any atom is 0.222 e. The van der Waals surface area contributed by atoms with Crippen molar-refractivity contribution in [2.24, 2.45) is 11.8 Å². The molecular formula is C18H29N5. The van der Waals surface area contributed by atoms with E-state index in [1.807, 2.05) is 0 Å². The molecule has 1 atom stereocenters. The van der Waals surface area contributed by atoms with Gasteiger partial charge in [0, 0.05) is 18.7 Å². The van der Waals surface area contributed by atoms with Gasteiger partial charge in [-0.05, 0) is 76.3 Å². The molecule has 1 unspecified atom stereocenters. The third-order valence-corrected chi connectivity index (χ3v) is 6.02. The molecule has 1 aromatic rings. The van der Waals surface area contributed by atoms with Gasteiger partial charge in [0.05, 0.1) is 5.69 Å². The third-order valence-electron chi connectivity index (χ3n) is 6.02. The van der Waals surface area contributed by atoms with Crippen LogP contribution in [0.1, 0.15) is 49.8 Å². The SMILES string of the molecule is Nc1nc2c(c(N3CCC(C4CCCNC4)CC3)n1)CCCC2. The maximum absolute atomic E-state index is 5.98. The minimum Gasteiger partial charge on any atom is -0.368 e. The molecule has 3 aliphatic rings. The molecule has 1 aliphatic carbocycles. The van der Waals surface area contributed by atoms with Gasteiger partial charge < -0.3 is 16.0 Å². The van der Waals surface area contributed by atoms with Crippen molar-refractivity contribution in [2.75, 3.05) is 36.8 Å². The number of nitrogens with zero attached hydrogens (tertiary/aromatic N) is 3. The first-order valence-electron chi connectivity index (χ1n) is 9.42. The summed E-state index contributed by atoms with van der Waals surface area (Å²) in [6, 6.07) is 0. The Balaban J connectivity index is 1.47. The molecule has 0 aromatic carbocycles. The van der Waals surface area contributed by atoms with Crippen molar-refractivity contribution >= 4 is 11.8 Å². The summed E-state index contributed by atoms with van der Waals surface area (Å²) in [6.07, 6.45) is 10.0.